The number of benzene rings is 1. The van der Waals surface area contributed by atoms with Gasteiger partial charge in [0, 0.05) is 28.2 Å². The molecule has 0 aliphatic rings. The van der Waals surface area contributed by atoms with Gasteiger partial charge in [0.05, 0.1) is 5.75 Å². The van der Waals surface area contributed by atoms with Crippen molar-refractivity contribution in [1.82, 2.24) is 4.72 Å². The molecule has 0 amide bonds. The highest BCUT2D eigenvalue weighted by Crippen LogP contribution is 2.25. The molecule has 1 rings (SSSR count). The van der Waals surface area contributed by atoms with E-state index < -0.39 is 10.0 Å². The van der Waals surface area contributed by atoms with Crippen molar-refractivity contribution in [1.29, 1.82) is 0 Å². The Morgan fingerprint density at radius 1 is 1.33 bits per heavy atom. The predicted molar refractivity (Wildman–Crippen MR) is 75.4 cm³/mol. The molecule has 102 valence electrons. The predicted octanol–water partition coefficient (Wildman–Crippen LogP) is 2.15. The zero-order chi connectivity index (χ0) is 13.8. The third-order valence-corrected chi connectivity index (χ3v) is 4.34. The van der Waals surface area contributed by atoms with Crippen molar-refractivity contribution in [3.63, 3.8) is 0 Å². The molecule has 0 aliphatic heterocycles. The SMILES string of the molecule is CC(N)CCNS(=O)(=O)Cc1c(Cl)cccc1Cl. The molecule has 0 aromatic heterocycles. The van der Waals surface area contributed by atoms with Gasteiger partial charge in [-0.1, -0.05) is 29.3 Å². The highest BCUT2D eigenvalue weighted by molar-refractivity contribution is 7.88. The summed E-state index contributed by atoms with van der Waals surface area (Å²) in [6.45, 7) is 2.13. The second kappa shape index (κ2) is 6.73. The van der Waals surface area contributed by atoms with Gasteiger partial charge in [0.2, 0.25) is 10.0 Å². The summed E-state index contributed by atoms with van der Waals surface area (Å²) in [5.41, 5.74) is 5.96. The minimum atomic E-state index is -3.45. The van der Waals surface area contributed by atoms with Gasteiger partial charge in [-0.3, -0.25) is 0 Å². The smallest absolute Gasteiger partial charge is 0.215 e. The maximum atomic E-state index is 11.8. The number of hydrogen-bond acceptors (Lipinski definition) is 3. The molecular formula is C11H16Cl2N2O2S. The molecular weight excluding hydrogens is 295 g/mol. The lowest BCUT2D eigenvalue weighted by molar-refractivity contribution is 0.571. The third kappa shape index (κ3) is 5.12. The summed E-state index contributed by atoms with van der Waals surface area (Å²) >= 11 is 11.8. The third-order valence-electron chi connectivity index (χ3n) is 2.32. The van der Waals surface area contributed by atoms with Gasteiger partial charge in [-0.2, -0.15) is 0 Å². The van der Waals surface area contributed by atoms with Gasteiger partial charge in [-0.15, -0.1) is 0 Å². The summed E-state index contributed by atoms with van der Waals surface area (Å²) in [6.07, 6.45) is 0.579. The summed E-state index contributed by atoms with van der Waals surface area (Å²) < 4.78 is 26.1. The second-order valence-electron chi connectivity index (χ2n) is 4.12. The first-order valence-electron chi connectivity index (χ1n) is 5.47. The van der Waals surface area contributed by atoms with Crippen LogP contribution in [0.15, 0.2) is 18.2 Å². The van der Waals surface area contributed by atoms with Crippen molar-refractivity contribution in [3.05, 3.63) is 33.8 Å². The van der Waals surface area contributed by atoms with Gasteiger partial charge in [-0.25, -0.2) is 13.1 Å². The molecule has 0 radical (unpaired) electrons. The maximum absolute atomic E-state index is 11.8. The topological polar surface area (TPSA) is 72.2 Å². The van der Waals surface area contributed by atoms with E-state index >= 15 is 0 Å². The van der Waals surface area contributed by atoms with E-state index in [4.69, 9.17) is 28.9 Å². The van der Waals surface area contributed by atoms with Crippen LogP contribution in [0.4, 0.5) is 0 Å². The van der Waals surface area contributed by atoms with Crippen LogP contribution in [-0.2, 0) is 15.8 Å². The number of hydrogen-bond donors (Lipinski definition) is 2. The van der Waals surface area contributed by atoms with Crippen LogP contribution < -0.4 is 10.5 Å². The number of halogens is 2. The largest absolute Gasteiger partial charge is 0.328 e. The first-order chi connectivity index (χ1) is 8.32. The first kappa shape index (κ1) is 15.7. The molecule has 0 saturated heterocycles. The molecule has 0 saturated carbocycles. The molecule has 7 heteroatoms. The fourth-order valence-electron chi connectivity index (χ4n) is 1.35. The van der Waals surface area contributed by atoms with E-state index in [-0.39, 0.29) is 11.8 Å². The first-order valence-corrected chi connectivity index (χ1v) is 7.88. The van der Waals surface area contributed by atoms with Crippen LogP contribution in [0.1, 0.15) is 18.9 Å². The van der Waals surface area contributed by atoms with Crippen LogP contribution in [0, 0.1) is 0 Å². The van der Waals surface area contributed by atoms with E-state index in [0.717, 1.165) is 0 Å². The van der Waals surface area contributed by atoms with E-state index in [2.05, 4.69) is 4.72 Å². The van der Waals surface area contributed by atoms with Crippen molar-refractivity contribution >= 4 is 33.2 Å². The fraction of sp³-hybridized carbons (Fsp3) is 0.455. The fourth-order valence-corrected chi connectivity index (χ4v) is 3.26. The lowest BCUT2D eigenvalue weighted by Crippen LogP contribution is -2.30. The van der Waals surface area contributed by atoms with Crippen molar-refractivity contribution in [2.24, 2.45) is 5.73 Å². The lowest BCUT2D eigenvalue weighted by atomic mass is 10.2. The van der Waals surface area contributed by atoms with E-state index in [1.54, 1.807) is 18.2 Å². The van der Waals surface area contributed by atoms with E-state index in [0.29, 0.717) is 28.6 Å². The highest BCUT2D eigenvalue weighted by atomic mass is 35.5. The van der Waals surface area contributed by atoms with Gasteiger partial charge < -0.3 is 5.73 Å². The van der Waals surface area contributed by atoms with Gasteiger partial charge >= 0.3 is 0 Å². The molecule has 1 aromatic rings. The average molecular weight is 311 g/mol. The Bertz CT molecular complexity index is 484. The van der Waals surface area contributed by atoms with Gasteiger partial charge in [0.1, 0.15) is 0 Å². The van der Waals surface area contributed by atoms with Crippen LogP contribution in [-0.4, -0.2) is 21.0 Å². The van der Waals surface area contributed by atoms with Gasteiger partial charge in [-0.05, 0) is 25.5 Å². The molecule has 1 atom stereocenters. The minimum absolute atomic E-state index is 0.0448. The van der Waals surface area contributed by atoms with Crippen LogP contribution >= 0.6 is 23.2 Å². The molecule has 0 bridgehead atoms. The summed E-state index contributed by atoms with van der Waals surface area (Å²) in [6, 6.07) is 4.85. The average Bonchev–Trinajstić information content (AvgIpc) is 2.23. The number of rotatable bonds is 6. The summed E-state index contributed by atoms with van der Waals surface area (Å²) in [5.74, 6) is -0.232. The van der Waals surface area contributed by atoms with Gasteiger partial charge in [0.15, 0.2) is 0 Å². The quantitative estimate of drug-likeness (QED) is 0.845. The molecule has 18 heavy (non-hydrogen) atoms. The second-order valence-corrected chi connectivity index (χ2v) is 6.74. The Hall–Kier alpha value is -0.330. The monoisotopic (exact) mass is 310 g/mol. The molecule has 0 heterocycles. The highest BCUT2D eigenvalue weighted by Gasteiger charge is 2.16. The summed E-state index contributed by atoms with van der Waals surface area (Å²) in [5, 5.41) is 0.695. The van der Waals surface area contributed by atoms with E-state index in [9.17, 15) is 8.42 Å². The zero-order valence-corrected chi connectivity index (χ0v) is 12.3. The molecule has 1 aromatic carbocycles. The zero-order valence-electron chi connectivity index (χ0n) is 9.99. The van der Waals surface area contributed by atoms with E-state index in [1.165, 1.54) is 0 Å². The number of nitrogens with two attached hydrogens (primary N) is 1. The molecule has 4 nitrogen and oxygen atoms in total. The Balaban J connectivity index is 2.71. The summed E-state index contributed by atoms with van der Waals surface area (Å²) in [7, 11) is -3.45. The van der Waals surface area contributed by atoms with Crippen LogP contribution in [0.2, 0.25) is 10.0 Å². The standard InChI is InChI=1S/C11H16Cl2N2O2S/c1-8(14)5-6-15-18(16,17)7-9-10(12)3-2-4-11(9)13/h2-4,8,15H,5-7,14H2,1H3. The molecule has 0 aliphatic carbocycles. The minimum Gasteiger partial charge on any atom is -0.328 e. The molecule has 3 N–H and O–H groups in total. The normalized spacial score (nSPS) is 13.6. The summed E-state index contributed by atoms with van der Waals surface area (Å²) in [4.78, 5) is 0. The van der Waals surface area contributed by atoms with E-state index in [1.807, 2.05) is 6.92 Å². The van der Waals surface area contributed by atoms with Crippen molar-refractivity contribution in [3.8, 4) is 0 Å². The van der Waals surface area contributed by atoms with Gasteiger partial charge in [0.25, 0.3) is 0 Å². The maximum Gasteiger partial charge on any atom is 0.215 e. The van der Waals surface area contributed by atoms with Crippen LogP contribution in [0.3, 0.4) is 0 Å². The Kier molecular flexibility index (Phi) is 5.88. The number of nitrogens with one attached hydrogen (secondary N) is 1. The Morgan fingerprint density at radius 2 is 1.89 bits per heavy atom. The van der Waals surface area contributed by atoms with Crippen LogP contribution in [0.25, 0.3) is 0 Å². The molecule has 0 fully saturated rings. The van der Waals surface area contributed by atoms with Crippen molar-refractivity contribution < 1.29 is 8.42 Å². The Labute approximate surface area is 118 Å². The van der Waals surface area contributed by atoms with Crippen LogP contribution in [0.5, 0.6) is 0 Å². The molecule has 0 spiro atoms. The lowest BCUT2D eigenvalue weighted by Gasteiger charge is -2.10. The van der Waals surface area contributed by atoms with Crippen molar-refractivity contribution in [2.75, 3.05) is 6.54 Å². The molecule has 1 unspecified atom stereocenters. The number of sulfonamides is 1. The van der Waals surface area contributed by atoms with Crippen molar-refractivity contribution in [2.45, 2.75) is 25.1 Å². The Morgan fingerprint density at radius 3 is 2.39 bits per heavy atom.